The number of hydrogen-bond acceptors (Lipinski definition) is 2. The van der Waals surface area contributed by atoms with Crippen molar-refractivity contribution in [2.24, 2.45) is 5.92 Å². The second kappa shape index (κ2) is 6.37. The van der Waals surface area contributed by atoms with Gasteiger partial charge in [-0.15, -0.1) is 6.58 Å². The fourth-order valence-corrected chi connectivity index (χ4v) is 3.44. The van der Waals surface area contributed by atoms with Crippen molar-refractivity contribution in [1.82, 2.24) is 10.2 Å². The van der Waals surface area contributed by atoms with Crippen LogP contribution in [0.1, 0.15) is 45.4 Å². The molecule has 102 valence electrons. The first kappa shape index (κ1) is 13.6. The second-order valence-corrected chi connectivity index (χ2v) is 5.61. The van der Waals surface area contributed by atoms with E-state index in [4.69, 9.17) is 0 Å². The summed E-state index contributed by atoms with van der Waals surface area (Å²) < 4.78 is 0. The van der Waals surface area contributed by atoms with Crippen LogP contribution in [0.5, 0.6) is 0 Å². The van der Waals surface area contributed by atoms with Crippen LogP contribution in [-0.2, 0) is 4.79 Å². The molecule has 3 unspecified atom stereocenters. The minimum Gasteiger partial charge on any atom is -0.338 e. The number of carbonyl (C=O) groups excluding carboxylic acids is 1. The quantitative estimate of drug-likeness (QED) is 0.777. The Morgan fingerprint density at radius 2 is 2.11 bits per heavy atom. The van der Waals surface area contributed by atoms with E-state index < -0.39 is 0 Å². The molecular formula is C15H26N2O. The molecule has 0 radical (unpaired) electrons. The smallest absolute Gasteiger partial charge is 0.239 e. The lowest BCUT2D eigenvalue weighted by molar-refractivity contribution is -0.134. The van der Waals surface area contributed by atoms with Crippen molar-refractivity contribution in [3.8, 4) is 0 Å². The van der Waals surface area contributed by atoms with E-state index in [0.29, 0.717) is 12.6 Å². The average molecular weight is 250 g/mol. The summed E-state index contributed by atoms with van der Waals surface area (Å²) in [6, 6.07) is 0.633. The Morgan fingerprint density at radius 1 is 1.33 bits per heavy atom. The highest BCUT2D eigenvalue weighted by molar-refractivity contribution is 5.82. The standard InChI is InChI=1S/C15H26N2O/c1-3-11-17(4-2)15(18)14-10-9-12-7-5-6-8-13(12)16-14/h3,12-14,16H,1,4-11H2,2H3. The van der Waals surface area contributed by atoms with Gasteiger partial charge in [-0.2, -0.15) is 0 Å². The predicted octanol–water partition coefficient (Wildman–Crippen LogP) is 2.33. The van der Waals surface area contributed by atoms with Gasteiger partial charge in [-0.25, -0.2) is 0 Å². The zero-order chi connectivity index (χ0) is 13.0. The lowest BCUT2D eigenvalue weighted by atomic mass is 9.77. The molecule has 0 aromatic heterocycles. The van der Waals surface area contributed by atoms with Crippen molar-refractivity contribution in [3.63, 3.8) is 0 Å². The number of rotatable bonds is 4. The summed E-state index contributed by atoms with van der Waals surface area (Å²) in [6.45, 7) is 7.21. The molecule has 1 saturated heterocycles. The zero-order valence-corrected chi connectivity index (χ0v) is 11.5. The third kappa shape index (κ3) is 2.94. The van der Waals surface area contributed by atoms with Gasteiger partial charge >= 0.3 is 0 Å². The van der Waals surface area contributed by atoms with E-state index >= 15 is 0 Å². The van der Waals surface area contributed by atoms with Crippen molar-refractivity contribution < 1.29 is 4.79 Å². The summed E-state index contributed by atoms with van der Waals surface area (Å²) in [5.74, 6) is 1.08. The van der Waals surface area contributed by atoms with Gasteiger partial charge in [-0.3, -0.25) is 4.79 Å². The Hall–Kier alpha value is -0.830. The van der Waals surface area contributed by atoms with Gasteiger partial charge < -0.3 is 10.2 Å². The van der Waals surface area contributed by atoms with Crippen LogP contribution < -0.4 is 5.32 Å². The number of piperidine rings is 1. The van der Waals surface area contributed by atoms with E-state index in [0.717, 1.165) is 18.9 Å². The molecule has 2 aliphatic rings. The topological polar surface area (TPSA) is 32.3 Å². The molecule has 0 bridgehead atoms. The molecule has 18 heavy (non-hydrogen) atoms. The molecule has 3 atom stereocenters. The highest BCUT2D eigenvalue weighted by Crippen LogP contribution is 2.32. The summed E-state index contributed by atoms with van der Waals surface area (Å²) in [5, 5.41) is 3.60. The van der Waals surface area contributed by atoms with Gasteiger partial charge in [0.15, 0.2) is 0 Å². The number of nitrogens with zero attached hydrogens (tertiary/aromatic N) is 1. The lowest BCUT2D eigenvalue weighted by Gasteiger charge is -2.41. The van der Waals surface area contributed by atoms with Crippen LogP contribution in [0.3, 0.4) is 0 Å². The second-order valence-electron chi connectivity index (χ2n) is 5.61. The molecular weight excluding hydrogens is 224 g/mol. The van der Waals surface area contributed by atoms with Crippen LogP contribution in [-0.4, -0.2) is 36.0 Å². The Morgan fingerprint density at radius 3 is 2.83 bits per heavy atom. The number of carbonyl (C=O) groups is 1. The fourth-order valence-electron chi connectivity index (χ4n) is 3.44. The maximum absolute atomic E-state index is 12.4. The molecule has 0 aromatic carbocycles. The number of likely N-dealkylation sites (N-methyl/N-ethyl adjacent to an activating group) is 1. The van der Waals surface area contributed by atoms with Gasteiger partial charge in [-0.1, -0.05) is 18.9 Å². The van der Waals surface area contributed by atoms with Crippen molar-refractivity contribution >= 4 is 5.91 Å². The van der Waals surface area contributed by atoms with Crippen LogP contribution in [0.2, 0.25) is 0 Å². The minimum atomic E-state index is 0.0456. The van der Waals surface area contributed by atoms with E-state index in [1.54, 1.807) is 0 Å². The van der Waals surface area contributed by atoms with E-state index in [1.165, 1.54) is 32.1 Å². The summed E-state index contributed by atoms with van der Waals surface area (Å²) in [7, 11) is 0. The minimum absolute atomic E-state index is 0.0456. The van der Waals surface area contributed by atoms with Crippen molar-refractivity contribution in [1.29, 1.82) is 0 Å². The zero-order valence-electron chi connectivity index (χ0n) is 11.5. The number of nitrogens with one attached hydrogen (secondary N) is 1. The number of hydrogen-bond donors (Lipinski definition) is 1. The first-order chi connectivity index (χ1) is 8.76. The first-order valence-electron chi connectivity index (χ1n) is 7.42. The summed E-state index contributed by atoms with van der Waals surface area (Å²) in [4.78, 5) is 14.3. The molecule has 1 N–H and O–H groups in total. The maximum Gasteiger partial charge on any atom is 0.239 e. The van der Waals surface area contributed by atoms with E-state index in [9.17, 15) is 4.79 Å². The maximum atomic E-state index is 12.4. The van der Waals surface area contributed by atoms with E-state index in [1.807, 2.05) is 17.9 Å². The highest BCUT2D eigenvalue weighted by Gasteiger charge is 2.35. The molecule has 3 nitrogen and oxygen atoms in total. The van der Waals surface area contributed by atoms with Crippen LogP contribution in [0.25, 0.3) is 0 Å². The summed E-state index contributed by atoms with van der Waals surface area (Å²) in [5.41, 5.74) is 0. The van der Waals surface area contributed by atoms with Gasteiger partial charge in [0.2, 0.25) is 5.91 Å². The van der Waals surface area contributed by atoms with Crippen molar-refractivity contribution in [2.45, 2.75) is 57.5 Å². The molecule has 1 aliphatic carbocycles. The monoisotopic (exact) mass is 250 g/mol. The number of amides is 1. The third-order valence-electron chi connectivity index (χ3n) is 4.49. The molecule has 3 heteroatoms. The first-order valence-corrected chi connectivity index (χ1v) is 7.42. The average Bonchev–Trinajstić information content (AvgIpc) is 2.43. The molecule has 0 aromatic rings. The Labute approximate surface area is 111 Å². The summed E-state index contributed by atoms with van der Waals surface area (Å²) >= 11 is 0. The molecule has 1 saturated carbocycles. The van der Waals surface area contributed by atoms with Crippen LogP contribution >= 0.6 is 0 Å². The van der Waals surface area contributed by atoms with Gasteiger partial charge in [-0.05, 0) is 38.5 Å². The molecule has 0 spiro atoms. The Kier molecular flexibility index (Phi) is 4.81. The van der Waals surface area contributed by atoms with Crippen LogP contribution in [0, 0.1) is 5.92 Å². The normalized spacial score (nSPS) is 31.5. The fraction of sp³-hybridized carbons (Fsp3) is 0.800. The molecule has 1 aliphatic heterocycles. The molecule has 2 fully saturated rings. The third-order valence-corrected chi connectivity index (χ3v) is 4.49. The van der Waals surface area contributed by atoms with E-state index in [-0.39, 0.29) is 11.9 Å². The van der Waals surface area contributed by atoms with Gasteiger partial charge in [0.25, 0.3) is 0 Å². The Bertz CT molecular complexity index is 303. The van der Waals surface area contributed by atoms with Gasteiger partial charge in [0.05, 0.1) is 6.04 Å². The number of fused-ring (bicyclic) bond motifs is 1. The largest absolute Gasteiger partial charge is 0.338 e. The summed E-state index contributed by atoms with van der Waals surface area (Å²) in [6.07, 6.45) is 9.34. The molecule has 2 rings (SSSR count). The van der Waals surface area contributed by atoms with Crippen LogP contribution in [0.15, 0.2) is 12.7 Å². The molecule has 1 amide bonds. The van der Waals surface area contributed by atoms with Gasteiger partial charge in [0.1, 0.15) is 0 Å². The van der Waals surface area contributed by atoms with Crippen molar-refractivity contribution in [2.75, 3.05) is 13.1 Å². The molecule has 1 heterocycles. The van der Waals surface area contributed by atoms with Crippen molar-refractivity contribution in [3.05, 3.63) is 12.7 Å². The van der Waals surface area contributed by atoms with Gasteiger partial charge in [0, 0.05) is 19.1 Å². The lowest BCUT2D eigenvalue weighted by Crippen LogP contribution is -2.55. The van der Waals surface area contributed by atoms with E-state index in [2.05, 4.69) is 11.9 Å². The Balaban J connectivity index is 1.93. The predicted molar refractivity (Wildman–Crippen MR) is 74.4 cm³/mol. The van der Waals surface area contributed by atoms with Crippen LogP contribution in [0.4, 0.5) is 0 Å². The highest BCUT2D eigenvalue weighted by atomic mass is 16.2. The SMILES string of the molecule is C=CCN(CC)C(=O)C1CCC2CCCCC2N1.